The number of H-pyrrole nitrogens is 1. The summed E-state index contributed by atoms with van der Waals surface area (Å²) in [6.45, 7) is 4.42. The van der Waals surface area contributed by atoms with Crippen molar-refractivity contribution in [3.63, 3.8) is 0 Å². The molecule has 7 heteroatoms. The van der Waals surface area contributed by atoms with Crippen LogP contribution in [0.15, 0.2) is 28.9 Å². The Morgan fingerprint density at radius 2 is 2.40 bits per heavy atom. The van der Waals surface area contributed by atoms with E-state index in [2.05, 4.69) is 16.9 Å². The molecule has 0 radical (unpaired) electrons. The Morgan fingerprint density at radius 3 is 3.15 bits per heavy atom. The van der Waals surface area contributed by atoms with Gasteiger partial charge in [-0.15, -0.1) is 17.9 Å². The molecule has 2 aromatic rings. The van der Waals surface area contributed by atoms with Gasteiger partial charge in [-0.3, -0.25) is 14.2 Å². The van der Waals surface area contributed by atoms with E-state index in [0.29, 0.717) is 35.4 Å². The van der Waals surface area contributed by atoms with Crippen LogP contribution >= 0.6 is 23.6 Å². The number of amides is 1. The van der Waals surface area contributed by atoms with E-state index in [-0.39, 0.29) is 11.5 Å². The number of aromatic amines is 1. The zero-order chi connectivity index (χ0) is 14.5. The van der Waals surface area contributed by atoms with E-state index in [1.807, 2.05) is 11.4 Å². The Morgan fingerprint density at radius 1 is 1.60 bits per heavy atom. The summed E-state index contributed by atoms with van der Waals surface area (Å²) in [5.74, 6) is -0.0509. The van der Waals surface area contributed by atoms with Crippen LogP contribution in [0.3, 0.4) is 0 Å². The number of carbonyl (C=O) groups is 1. The number of hydrogen-bond donors (Lipinski definition) is 2. The number of fused-ring (bicyclic) bond motifs is 1. The minimum atomic E-state index is -0.0924. The van der Waals surface area contributed by atoms with E-state index in [1.165, 1.54) is 15.9 Å². The molecule has 2 heterocycles. The number of thiophene rings is 1. The van der Waals surface area contributed by atoms with Gasteiger partial charge in [0.25, 0.3) is 5.56 Å². The first kappa shape index (κ1) is 14.7. The van der Waals surface area contributed by atoms with Crippen molar-refractivity contribution in [1.29, 1.82) is 0 Å². The fourth-order valence-corrected chi connectivity index (χ4v) is 2.93. The van der Waals surface area contributed by atoms with Gasteiger partial charge in [-0.25, -0.2) is 0 Å². The van der Waals surface area contributed by atoms with Crippen molar-refractivity contribution in [2.45, 2.75) is 19.4 Å². The van der Waals surface area contributed by atoms with E-state index in [0.717, 1.165) is 5.52 Å². The molecule has 0 atom stereocenters. The number of nitrogens with one attached hydrogen (secondary N) is 2. The van der Waals surface area contributed by atoms with Crippen LogP contribution in [-0.2, 0) is 11.3 Å². The highest BCUT2D eigenvalue weighted by atomic mass is 32.1. The molecule has 1 amide bonds. The van der Waals surface area contributed by atoms with Crippen LogP contribution in [0.1, 0.15) is 12.8 Å². The van der Waals surface area contributed by atoms with Crippen molar-refractivity contribution in [1.82, 2.24) is 14.9 Å². The Labute approximate surface area is 124 Å². The Hall–Kier alpha value is -1.73. The summed E-state index contributed by atoms with van der Waals surface area (Å²) in [6.07, 6.45) is 2.55. The third-order valence-electron chi connectivity index (χ3n) is 2.82. The molecular weight excluding hydrogens is 294 g/mol. The van der Waals surface area contributed by atoms with Crippen molar-refractivity contribution in [3.05, 3.63) is 39.2 Å². The van der Waals surface area contributed by atoms with E-state index in [9.17, 15) is 9.59 Å². The van der Waals surface area contributed by atoms with Crippen LogP contribution in [0.4, 0.5) is 0 Å². The van der Waals surface area contributed by atoms with E-state index in [1.54, 1.807) is 6.08 Å². The molecule has 2 N–H and O–H groups in total. The number of hydrogen-bond acceptors (Lipinski definition) is 4. The van der Waals surface area contributed by atoms with Crippen LogP contribution in [0, 0.1) is 4.77 Å². The van der Waals surface area contributed by atoms with Crippen molar-refractivity contribution < 1.29 is 4.79 Å². The second kappa shape index (κ2) is 6.62. The first-order chi connectivity index (χ1) is 9.63. The predicted molar refractivity (Wildman–Crippen MR) is 83.7 cm³/mol. The van der Waals surface area contributed by atoms with Gasteiger partial charge in [0.05, 0.1) is 5.52 Å². The molecule has 5 nitrogen and oxygen atoms in total. The normalized spacial score (nSPS) is 10.6. The third-order valence-corrected chi connectivity index (χ3v) is 4.05. The molecule has 0 saturated carbocycles. The Balaban J connectivity index is 2.06. The van der Waals surface area contributed by atoms with Crippen molar-refractivity contribution in [2.75, 3.05) is 6.54 Å². The molecule has 0 fully saturated rings. The third kappa shape index (κ3) is 3.23. The lowest BCUT2D eigenvalue weighted by atomic mass is 10.3. The summed E-state index contributed by atoms with van der Waals surface area (Å²) in [5.41, 5.74) is 0.676. The summed E-state index contributed by atoms with van der Waals surface area (Å²) in [4.78, 5) is 26.7. The molecule has 0 spiro atoms. The molecule has 0 aliphatic carbocycles. The Kier molecular flexibility index (Phi) is 4.86. The summed E-state index contributed by atoms with van der Waals surface area (Å²) in [5, 5.41) is 4.55. The molecule has 0 unspecified atom stereocenters. The lowest BCUT2D eigenvalue weighted by Gasteiger charge is -2.06. The van der Waals surface area contributed by atoms with Crippen LogP contribution in [0.2, 0.25) is 0 Å². The van der Waals surface area contributed by atoms with Gasteiger partial charge in [0, 0.05) is 19.5 Å². The zero-order valence-electron chi connectivity index (χ0n) is 10.8. The van der Waals surface area contributed by atoms with Crippen LogP contribution < -0.4 is 10.9 Å². The molecule has 0 aliphatic rings. The van der Waals surface area contributed by atoms with Gasteiger partial charge < -0.3 is 10.3 Å². The molecular formula is C13H15N3O2S2. The van der Waals surface area contributed by atoms with Gasteiger partial charge in [0.1, 0.15) is 4.70 Å². The minimum absolute atomic E-state index is 0.0509. The second-order valence-corrected chi connectivity index (χ2v) is 5.55. The van der Waals surface area contributed by atoms with E-state index >= 15 is 0 Å². The van der Waals surface area contributed by atoms with Crippen molar-refractivity contribution in [2.24, 2.45) is 0 Å². The summed E-state index contributed by atoms with van der Waals surface area (Å²) < 4.78 is 2.57. The average molecular weight is 309 g/mol. The number of nitrogens with zero attached hydrogens (tertiary/aromatic N) is 1. The van der Waals surface area contributed by atoms with Gasteiger partial charge in [-0.1, -0.05) is 6.08 Å². The highest BCUT2D eigenvalue weighted by Crippen LogP contribution is 2.14. The van der Waals surface area contributed by atoms with Gasteiger partial charge in [-0.05, 0) is 30.1 Å². The van der Waals surface area contributed by atoms with Gasteiger partial charge >= 0.3 is 0 Å². The predicted octanol–water partition coefficient (Wildman–Crippen LogP) is 2.20. The second-order valence-electron chi connectivity index (χ2n) is 4.25. The van der Waals surface area contributed by atoms with Gasteiger partial charge in [-0.2, -0.15) is 0 Å². The Bertz CT molecular complexity index is 742. The van der Waals surface area contributed by atoms with Crippen LogP contribution in [0.25, 0.3) is 10.2 Å². The monoisotopic (exact) mass is 309 g/mol. The number of carbonyl (C=O) groups excluding carboxylic acids is 1. The maximum atomic E-state index is 12.2. The van der Waals surface area contributed by atoms with Crippen LogP contribution in [-0.4, -0.2) is 22.0 Å². The molecule has 106 valence electrons. The van der Waals surface area contributed by atoms with Crippen molar-refractivity contribution in [3.8, 4) is 0 Å². The number of aromatic nitrogens is 2. The maximum absolute atomic E-state index is 12.2. The molecule has 2 aromatic heterocycles. The molecule has 2 rings (SSSR count). The van der Waals surface area contributed by atoms with E-state index in [4.69, 9.17) is 12.2 Å². The molecule has 0 saturated heterocycles. The highest BCUT2D eigenvalue weighted by Gasteiger charge is 2.07. The summed E-state index contributed by atoms with van der Waals surface area (Å²) in [7, 11) is 0. The topological polar surface area (TPSA) is 66.9 Å². The standard InChI is InChI=1S/C13H15N3O2S2/c1-2-6-14-10(17)4-3-7-16-12(18)11-9(5-8-20-11)15-13(16)19/h2,5,8H,1,3-4,6-7H2,(H,14,17)(H,15,19). The molecule has 0 aliphatic heterocycles. The smallest absolute Gasteiger partial charge is 0.272 e. The summed E-state index contributed by atoms with van der Waals surface area (Å²) in [6, 6.07) is 1.84. The van der Waals surface area contributed by atoms with Crippen LogP contribution in [0.5, 0.6) is 0 Å². The summed E-state index contributed by atoms with van der Waals surface area (Å²) >= 11 is 6.57. The lowest BCUT2D eigenvalue weighted by molar-refractivity contribution is -0.121. The zero-order valence-corrected chi connectivity index (χ0v) is 12.5. The maximum Gasteiger partial charge on any atom is 0.272 e. The quantitative estimate of drug-likeness (QED) is 0.635. The molecule has 0 bridgehead atoms. The fraction of sp³-hybridized carbons (Fsp3) is 0.308. The average Bonchev–Trinajstić information content (AvgIpc) is 2.88. The first-order valence-corrected chi connectivity index (χ1v) is 7.50. The first-order valence-electron chi connectivity index (χ1n) is 6.21. The number of rotatable bonds is 6. The molecule has 0 aromatic carbocycles. The van der Waals surface area contributed by atoms with Gasteiger partial charge in [0.2, 0.25) is 5.91 Å². The minimum Gasteiger partial charge on any atom is -0.353 e. The largest absolute Gasteiger partial charge is 0.353 e. The van der Waals surface area contributed by atoms with E-state index < -0.39 is 0 Å². The SMILES string of the molecule is C=CCNC(=O)CCCn1c(=S)[nH]c2ccsc2c1=O. The van der Waals surface area contributed by atoms with Gasteiger partial charge in [0.15, 0.2) is 4.77 Å². The van der Waals surface area contributed by atoms with Crippen molar-refractivity contribution >= 4 is 39.7 Å². The highest BCUT2D eigenvalue weighted by molar-refractivity contribution is 7.71. The fourth-order valence-electron chi connectivity index (χ4n) is 1.85. The lowest BCUT2D eigenvalue weighted by Crippen LogP contribution is -2.25. The molecule has 20 heavy (non-hydrogen) atoms.